The van der Waals surface area contributed by atoms with Gasteiger partial charge in [-0.1, -0.05) is 59.3 Å². The second kappa shape index (κ2) is 12.0. The summed E-state index contributed by atoms with van der Waals surface area (Å²) in [6, 6.07) is 19.8. The van der Waals surface area contributed by atoms with Gasteiger partial charge in [0, 0.05) is 33.2 Å². The lowest BCUT2D eigenvalue weighted by molar-refractivity contribution is -0.115. The van der Waals surface area contributed by atoms with Crippen LogP contribution in [0.15, 0.2) is 63.4 Å². The Labute approximate surface area is 231 Å². The number of anilines is 2. The summed E-state index contributed by atoms with van der Waals surface area (Å²) in [5, 5.41) is 25.3. The van der Waals surface area contributed by atoms with Crippen LogP contribution in [0.3, 0.4) is 0 Å². The van der Waals surface area contributed by atoms with E-state index in [0.29, 0.717) is 21.5 Å². The molecule has 0 fully saturated rings. The highest BCUT2D eigenvalue weighted by molar-refractivity contribution is 9.10. The fraction of sp³-hybridized carbons (Fsp3) is 0.148. The maximum atomic E-state index is 12.5. The first-order chi connectivity index (χ1) is 17.9. The van der Waals surface area contributed by atoms with Gasteiger partial charge in [-0.3, -0.25) is 4.79 Å². The zero-order chi connectivity index (χ0) is 26.4. The molecular formula is C27H21BrN6OS2. The highest BCUT2D eigenvalue weighted by Crippen LogP contribution is 2.36. The molecule has 0 aliphatic rings. The SMILES string of the molecule is CCc1ccc(-c2c(C#N)c(N)nc(SCCC(=O)Nc3nc(-c4ccc(Br)cc4)cs3)c2C#N)cc1. The molecule has 4 aromatic rings. The number of carbonyl (C=O) groups is 1. The molecule has 0 bridgehead atoms. The van der Waals surface area contributed by atoms with E-state index in [-0.39, 0.29) is 29.3 Å². The van der Waals surface area contributed by atoms with E-state index in [1.54, 1.807) is 0 Å². The summed E-state index contributed by atoms with van der Waals surface area (Å²) in [6.45, 7) is 2.06. The number of hydrogen-bond acceptors (Lipinski definition) is 8. The predicted molar refractivity (Wildman–Crippen MR) is 152 cm³/mol. The van der Waals surface area contributed by atoms with Crippen molar-refractivity contribution in [2.75, 3.05) is 16.8 Å². The largest absolute Gasteiger partial charge is 0.383 e. The molecule has 2 aromatic carbocycles. The fourth-order valence-electron chi connectivity index (χ4n) is 3.60. The van der Waals surface area contributed by atoms with E-state index < -0.39 is 0 Å². The van der Waals surface area contributed by atoms with Crippen LogP contribution >= 0.6 is 39.0 Å². The second-order valence-corrected chi connectivity index (χ2v) is 10.8. The Bertz CT molecular complexity index is 1520. The van der Waals surface area contributed by atoms with Crippen LogP contribution in [-0.2, 0) is 11.2 Å². The van der Waals surface area contributed by atoms with Crippen LogP contribution in [-0.4, -0.2) is 21.6 Å². The molecule has 0 saturated carbocycles. The fourth-order valence-corrected chi connectivity index (χ4v) is 5.54. The number of aryl methyl sites for hydroxylation is 1. The van der Waals surface area contributed by atoms with Crippen LogP contribution in [0.4, 0.5) is 10.9 Å². The molecule has 7 nitrogen and oxygen atoms in total. The van der Waals surface area contributed by atoms with Gasteiger partial charge >= 0.3 is 0 Å². The lowest BCUT2D eigenvalue weighted by Gasteiger charge is -2.13. The Morgan fingerprint density at radius 2 is 1.73 bits per heavy atom. The van der Waals surface area contributed by atoms with Crippen molar-refractivity contribution >= 4 is 55.9 Å². The standard InChI is InChI=1S/C27H21BrN6OS2/c1-2-16-3-5-18(6-4-16)24-20(13-29)25(31)34-26(21(24)14-30)36-12-11-23(35)33-27-32-22(15-37-27)17-7-9-19(28)10-8-17/h3-10,15H,2,11-12H2,1H3,(H2,31,34)(H,32,33,35). The molecule has 2 heterocycles. The van der Waals surface area contributed by atoms with E-state index in [2.05, 4.69) is 50.3 Å². The van der Waals surface area contributed by atoms with Gasteiger partial charge in [-0.15, -0.1) is 23.1 Å². The summed E-state index contributed by atoms with van der Waals surface area (Å²) in [7, 11) is 0. The molecule has 0 spiro atoms. The predicted octanol–water partition coefficient (Wildman–Crippen LogP) is 6.64. The zero-order valence-corrected chi connectivity index (χ0v) is 23.0. The van der Waals surface area contributed by atoms with Crippen LogP contribution in [0.2, 0.25) is 0 Å². The molecule has 2 aromatic heterocycles. The maximum Gasteiger partial charge on any atom is 0.226 e. The summed E-state index contributed by atoms with van der Waals surface area (Å²) >= 11 is 6.03. The van der Waals surface area contributed by atoms with Gasteiger partial charge in [0.05, 0.1) is 11.3 Å². The molecule has 3 N–H and O–H groups in total. The van der Waals surface area contributed by atoms with E-state index in [9.17, 15) is 15.3 Å². The lowest BCUT2D eigenvalue weighted by atomic mass is 9.96. The van der Waals surface area contributed by atoms with Crippen molar-refractivity contribution in [2.24, 2.45) is 0 Å². The second-order valence-electron chi connectivity index (χ2n) is 7.89. The van der Waals surface area contributed by atoms with Crippen molar-refractivity contribution in [1.29, 1.82) is 10.5 Å². The first-order valence-corrected chi connectivity index (χ1v) is 14.0. The highest BCUT2D eigenvalue weighted by atomic mass is 79.9. The number of halogens is 1. The average Bonchev–Trinajstić information content (AvgIpc) is 3.37. The summed E-state index contributed by atoms with van der Waals surface area (Å²) in [4.78, 5) is 21.3. The van der Waals surface area contributed by atoms with Crippen LogP contribution in [0.1, 0.15) is 30.0 Å². The van der Waals surface area contributed by atoms with Crippen LogP contribution in [0, 0.1) is 22.7 Å². The number of benzene rings is 2. The van der Waals surface area contributed by atoms with Gasteiger partial charge in [-0.2, -0.15) is 10.5 Å². The molecule has 0 radical (unpaired) electrons. The third kappa shape index (κ3) is 6.17. The van der Waals surface area contributed by atoms with Crippen molar-refractivity contribution < 1.29 is 4.79 Å². The van der Waals surface area contributed by atoms with E-state index in [1.807, 2.05) is 53.9 Å². The van der Waals surface area contributed by atoms with Crippen LogP contribution < -0.4 is 11.1 Å². The number of thioether (sulfide) groups is 1. The van der Waals surface area contributed by atoms with Gasteiger partial charge in [-0.25, -0.2) is 9.97 Å². The molecule has 0 saturated heterocycles. The molecule has 37 heavy (non-hydrogen) atoms. The van der Waals surface area contributed by atoms with Crippen LogP contribution in [0.5, 0.6) is 0 Å². The average molecular weight is 590 g/mol. The number of carbonyl (C=O) groups excluding carboxylic acids is 1. The Morgan fingerprint density at radius 3 is 2.38 bits per heavy atom. The number of amides is 1. The molecule has 184 valence electrons. The number of nitrogen functional groups attached to an aromatic ring is 1. The first-order valence-electron chi connectivity index (χ1n) is 11.3. The van der Waals surface area contributed by atoms with Crippen LogP contribution in [0.25, 0.3) is 22.4 Å². The molecule has 0 aliphatic heterocycles. The Kier molecular flexibility index (Phi) is 8.57. The summed E-state index contributed by atoms with van der Waals surface area (Å²) in [5.41, 5.74) is 10.6. The van der Waals surface area contributed by atoms with Gasteiger partial charge in [0.2, 0.25) is 5.91 Å². The van der Waals surface area contributed by atoms with Gasteiger partial charge in [0.1, 0.15) is 28.5 Å². The quantitative estimate of drug-likeness (QED) is 0.220. The lowest BCUT2D eigenvalue weighted by Crippen LogP contribution is -2.12. The van der Waals surface area contributed by atoms with Crippen molar-refractivity contribution in [1.82, 2.24) is 9.97 Å². The minimum absolute atomic E-state index is 0.0614. The summed E-state index contributed by atoms with van der Waals surface area (Å²) in [6.07, 6.45) is 1.07. The van der Waals surface area contributed by atoms with Gasteiger partial charge in [0.25, 0.3) is 0 Å². The van der Waals surface area contributed by atoms with E-state index in [0.717, 1.165) is 33.3 Å². The number of nitrogens with zero attached hydrogens (tertiary/aromatic N) is 4. The van der Waals surface area contributed by atoms with Crippen molar-refractivity contribution in [2.45, 2.75) is 24.8 Å². The number of nitriles is 2. The molecular weight excluding hydrogens is 568 g/mol. The molecule has 0 aliphatic carbocycles. The Hall–Kier alpha value is -3.70. The first kappa shape index (κ1) is 26.4. The molecule has 4 rings (SSSR count). The van der Waals surface area contributed by atoms with Gasteiger partial charge < -0.3 is 11.1 Å². The highest BCUT2D eigenvalue weighted by Gasteiger charge is 2.21. The minimum Gasteiger partial charge on any atom is -0.383 e. The van der Waals surface area contributed by atoms with Crippen molar-refractivity contribution in [3.63, 3.8) is 0 Å². The minimum atomic E-state index is -0.195. The molecule has 0 atom stereocenters. The number of pyridine rings is 1. The topological polar surface area (TPSA) is 128 Å². The van der Waals surface area contributed by atoms with E-state index >= 15 is 0 Å². The number of hydrogen-bond donors (Lipinski definition) is 2. The summed E-state index contributed by atoms with van der Waals surface area (Å²) in [5.74, 6) is 0.240. The number of nitrogens with two attached hydrogens (primary N) is 1. The third-order valence-electron chi connectivity index (χ3n) is 5.52. The van der Waals surface area contributed by atoms with Gasteiger partial charge in [0.15, 0.2) is 5.13 Å². The third-order valence-corrected chi connectivity index (χ3v) is 7.79. The monoisotopic (exact) mass is 588 g/mol. The number of aromatic nitrogens is 2. The van der Waals surface area contributed by atoms with E-state index in [4.69, 9.17) is 5.73 Å². The number of thiazole rings is 1. The molecule has 1 amide bonds. The Morgan fingerprint density at radius 1 is 1.05 bits per heavy atom. The number of rotatable bonds is 8. The van der Waals surface area contributed by atoms with Crippen molar-refractivity contribution in [3.05, 3.63) is 75.1 Å². The smallest absolute Gasteiger partial charge is 0.226 e. The summed E-state index contributed by atoms with van der Waals surface area (Å²) < 4.78 is 0.983. The maximum absolute atomic E-state index is 12.5. The van der Waals surface area contributed by atoms with E-state index in [1.165, 1.54) is 23.1 Å². The van der Waals surface area contributed by atoms with Gasteiger partial charge in [-0.05, 0) is 29.7 Å². The number of nitrogens with one attached hydrogen (secondary N) is 1. The van der Waals surface area contributed by atoms with Crippen molar-refractivity contribution in [3.8, 4) is 34.5 Å². The zero-order valence-electron chi connectivity index (χ0n) is 19.8. The molecule has 0 unspecified atom stereocenters. The Balaban J connectivity index is 1.46. The normalized spacial score (nSPS) is 10.5. The molecule has 10 heteroatoms.